The maximum atomic E-state index is 12.8. The predicted molar refractivity (Wildman–Crippen MR) is 110 cm³/mol. The van der Waals surface area contributed by atoms with Crippen LogP contribution in [0, 0.1) is 6.92 Å². The van der Waals surface area contributed by atoms with Gasteiger partial charge in [0.15, 0.2) is 0 Å². The van der Waals surface area contributed by atoms with Crippen LogP contribution in [-0.2, 0) is 17.8 Å². The Bertz CT molecular complexity index is 819. The van der Waals surface area contributed by atoms with Crippen molar-refractivity contribution >= 4 is 17.5 Å². The number of hydrogen-bond donors (Lipinski definition) is 0. The van der Waals surface area contributed by atoms with Gasteiger partial charge in [-0.05, 0) is 61.6 Å². The quantitative estimate of drug-likeness (QED) is 0.779. The van der Waals surface area contributed by atoms with Crippen molar-refractivity contribution in [2.24, 2.45) is 0 Å². The topological polar surface area (TPSA) is 23.6 Å². The lowest BCUT2D eigenvalue weighted by atomic mass is 9.94. The summed E-state index contributed by atoms with van der Waals surface area (Å²) in [5.41, 5.74) is 3.96. The average Bonchev–Trinajstić information content (AvgIpc) is 3.27. The van der Waals surface area contributed by atoms with Gasteiger partial charge in [0.05, 0.1) is 6.42 Å². The molecule has 2 fully saturated rings. The zero-order chi connectivity index (χ0) is 18.9. The van der Waals surface area contributed by atoms with Crippen molar-refractivity contribution in [3.05, 3.63) is 70.2 Å². The van der Waals surface area contributed by atoms with E-state index in [0.29, 0.717) is 11.4 Å². The maximum Gasteiger partial charge on any atom is 0.227 e. The van der Waals surface area contributed by atoms with Crippen molar-refractivity contribution in [1.29, 1.82) is 0 Å². The highest BCUT2D eigenvalue weighted by atomic mass is 35.5. The Hall–Kier alpha value is -1.84. The smallest absolute Gasteiger partial charge is 0.227 e. The fourth-order valence-corrected chi connectivity index (χ4v) is 4.78. The molecule has 0 radical (unpaired) electrons. The van der Waals surface area contributed by atoms with E-state index in [1.54, 1.807) is 0 Å². The van der Waals surface area contributed by atoms with Crippen molar-refractivity contribution in [2.45, 2.75) is 44.7 Å². The Kier molecular flexibility index (Phi) is 5.25. The highest BCUT2D eigenvalue weighted by Gasteiger charge is 2.46. The lowest BCUT2D eigenvalue weighted by molar-refractivity contribution is -0.129. The average molecular weight is 383 g/mol. The van der Waals surface area contributed by atoms with Gasteiger partial charge in [0.1, 0.15) is 0 Å². The minimum atomic E-state index is 0.165. The third kappa shape index (κ3) is 3.90. The maximum absolute atomic E-state index is 12.8. The molecule has 0 N–H and O–H groups in total. The zero-order valence-electron chi connectivity index (χ0n) is 16.0. The summed E-state index contributed by atoms with van der Waals surface area (Å²) in [6, 6.07) is 16.3. The Morgan fingerprint density at radius 1 is 1.07 bits per heavy atom. The highest BCUT2D eigenvalue weighted by Crippen LogP contribution is 2.39. The molecule has 2 aliphatic rings. The Morgan fingerprint density at radius 3 is 2.63 bits per heavy atom. The van der Waals surface area contributed by atoms with Gasteiger partial charge >= 0.3 is 0 Å². The van der Waals surface area contributed by atoms with Crippen LogP contribution in [0.1, 0.15) is 36.0 Å². The molecule has 0 aromatic heterocycles. The van der Waals surface area contributed by atoms with Gasteiger partial charge < -0.3 is 4.90 Å². The van der Waals surface area contributed by atoms with E-state index in [1.807, 2.05) is 24.3 Å². The Morgan fingerprint density at radius 2 is 1.85 bits per heavy atom. The number of carbonyl (C=O) groups is 1. The van der Waals surface area contributed by atoms with E-state index >= 15 is 0 Å². The van der Waals surface area contributed by atoms with Crippen LogP contribution in [0.5, 0.6) is 0 Å². The van der Waals surface area contributed by atoms with E-state index in [1.165, 1.54) is 24.0 Å². The second-order valence-electron chi connectivity index (χ2n) is 8.04. The van der Waals surface area contributed by atoms with E-state index in [-0.39, 0.29) is 11.4 Å². The molecule has 1 spiro atoms. The van der Waals surface area contributed by atoms with Gasteiger partial charge in [-0.25, -0.2) is 0 Å². The van der Waals surface area contributed by atoms with E-state index in [0.717, 1.165) is 38.2 Å². The van der Waals surface area contributed by atoms with Crippen LogP contribution in [0.25, 0.3) is 0 Å². The van der Waals surface area contributed by atoms with Crippen molar-refractivity contribution < 1.29 is 4.79 Å². The van der Waals surface area contributed by atoms with Crippen LogP contribution >= 0.6 is 11.6 Å². The molecule has 2 aromatic rings. The summed E-state index contributed by atoms with van der Waals surface area (Å²) >= 11 is 5.95. The van der Waals surface area contributed by atoms with Crippen molar-refractivity contribution in [3.8, 4) is 0 Å². The van der Waals surface area contributed by atoms with Crippen LogP contribution in [0.3, 0.4) is 0 Å². The van der Waals surface area contributed by atoms with Gasteiger partial charge in [-0.2, -0.15) is 0 Å². The van der Waals surface area contributed by atoms with Crippen molar-refractivity contribution in [3.63, 3.8) is 0 Å². The number of carbonyl (C=O) groups excluding carboxylic acids is 1. The molecule has 0 aliphatic carbocycles. The van der Waals surface area contributed by atoms with Crippen molar-refractivity contribution in [2.75, 3.05) is 19.6 Å². The SMILES string of the molecule is Cc1ccccc1CN1CCCC12CCN(C(=O)Cc1ccc(Cl)cc1)C2. The second kappa shape index (κ2) is 7.65. The van der Waals surface area contributed by atoms with E-state index < -0.39 is 0 Å². The summed E-state index contributed by atoms with van der Waals surface area (Å²) in [5.74, 6) is 0.233. The minimum absolute atomic E-state index is 0.165. The number of benzene rings is 2. The lowest BCUT2D eigenvalue weighted by Crippen LogP contribution is -2.46. The van der Waals surface area contributed by atoms with Crippen LogP contribution in [0.2, 0.25) is 5.02 Å². The Labute approximate surface area is 166 Å². The standard InChI is InChI=1S/C23H27ClN2O/c1-18-5-2-3-6-20(18)16-26-13-4-11-23(26)12-14-25(17-23)22(27)15-19-7-9-21(24)10-8-19/h2-3,5-10H,4,11-17H2,1H3. The number of aryl methyl sites for hydroxylation is 1. The first-order chi connectivity index (χ1) is 13.1. The lowest BCUT2D eigenvalue weighted by Gasteiger charge is -2.35. The third-order valence-corrected chi connectivity index (χ3v) is 6.57. The molecule has 2 aromatic carbocycles. The normalized spacial score (nSPS) is 22.7. The molecule has 142 valence electrons. The minimum Gasteiger partial charge on any atom is -0.340 e. The van der Waals surface area contributed by atoms with Gasteiger partial charge in [0, 0.05) is 30.2 Å². The molecular weight excluding hydrogens is 356 g/mol. The predicted octanol–water partition coefficient (Wildman–Crippen LogP) is 4.46. The van der Waals surface area contributed by atoms with Crippen molar-refractivity contribution in [1.82, 2.24) is 9.80 Å². The molecule has 2 saturated heterocycles. The van der Waals surface area contributed by atoms with E-state index in [2.05, 4.69) is 41.0 Å². The molecule has 2 aliphatic heterocycles. The fourth-order valence-electron chi connectivity index (χ4n) is 4.65. The number of hydrogen-bond acceptors (Lipinski definition) is 2. The summed E-state index contributed by atoms with van der Waals surface area (Å²) in [7, 11) is 0. The summed E-state index contributed by atoms with van der Waals surface area (Å²) in [6.07, 6.45) is 3.98. The molecule has 27 heavy (non-hydrogen) atoms. The molecule has 2 heterocycles. The zero-order valence-corrected chi connectivity index (χ0v) is 16.7. The van der Waals surface area contributed by atoms with E-state index in [4.69, 9.17) is 11.6 Å². The molecular formula is C23H27ClN2O. The monoisotopic (exact) mass is 382 g/mol. The van der Waals surface area contributed by atoms with Gasteiger partial charge in [-0.1, -0.05) is 48.0 Å². The molecule has 3 nitrogen and oxygen atoms in total. The molecule has 0 bridgehead atoms. The molecule has 4 rings (SSSR count). The largest absolute Gasteiger partial charge is 0.340 e. The molecule has 1 unspecified atom stereocenters. The number of amides is 1. The number of nitrogens with zero attached hydrogens (tertiary/aromatic N) is 2. The third-order valence-electron chi connectivity index (χ3n) is 6.32. The second-order valence-corrected chi connectivity index (χ2v) is 8.48. The number of likely N-dealkylation sites (tertiary alicyclic amines) is 2. The number of rotatable bonds is 4. The van der Waals surface area contributed by atoms with Crippen LogP contribution in [0.15, 0.2) is 48.5 Å². The first-order valence-electron chi connectivity index (χ1n) is 9.88. The summed E-state index contributed by atoms with van der Waals surface area (Å²) in [5, 5.41) is 0.712. The van der Waals surface area contributed by atoms with Crippen LogP contribution in [0.4, 0.5) is 0 Å². The van der Waals surface area contributed by atoms with Gasteiger partial charge in [-0.3, -0.25) is 9.69 Å². The molecule has 1 atom stereocenters. The summed E-state index contributed by atoms with van der Waals surface area (Å²) in [4.78, 5) is 17.5. The van der Waals surface area contributed by atoms with Crippen LogP contribution in [-0.4, -0.2) is 40.9 Å². The van der Waals surface area contributed by atoms with Gasteiger partial charge in [0.25, 0.3) is 0 Å². The summed E-state index contributed by atoms with van der Waals surface area (Å²) < 4.78 is 0. The molecule has 4 heteroatoms. The molecule has 1 amide bonds. The van der Waals surface area contributed by atoms with E-state index in [9.17, 15) is 4.79 Å². The Balaban J connectivity index is 1.43. The summed E-state index contributed by atoms with van der Waals surface area (Å²) in [6.45, 7) is 6.05. The first-order valence-corrected chi connectivity index (χ1v) is 10.3. The van der Waals surface area contributed by atoms with Gasteiger partial charge in [-0.15, -0.1) is 0 Å². The fraction of sp³-hybridized carbons (Fsp3) is 0.435. The molecule has 0 saturated carbocycles. The first kappa shape index (κ1) is 18.5. The van der Waals surface area contributed by atoms with Crippen LogP contribution < -0.4 is 0 Å². The number of halogens is 1. The highest BCUT2D eigenvalue weighted by molar-refractivity contribution is 6.30. The van der Waals surface area contributed by atoms with Gasteiger partial charge in [0.2, 0.25) is 5.91 Å².